The van der Waals surface area contributed by atoms with Gasteiger partial charge in [-0.1, -0.05) is 121 Å². The van der Waals surface area contributed by atoms with Crippen LogP contribution in [0.2, 0.25) is 0 Å². The van der Waals surface area contributed by atoms with E-state index in [1.54, 1.807) is 0 Å². The van der Waals surface area contributed by atoms with Crippen molar-refractivity contribution >= 4 is 103 Å². The fourth-order valence-electron chi connectivity index (χ4n) is 8.65. The van der Waals surface area contributed by atoms with Crippen molar-refractivity contribution in [1.82, 2.24) is 0 Å². The largest absolute Gasteiger partial charge is 0.456 e. The van der Waals surface area contributed by atoms with Gasteiger partial charge >= 0.3 is 0 Å². The van der Waals surface area contributed by atoms with E-state index in [0.29, 0.717) is 0 Å². The summed E-state index contributed by atoms with van der Waals surface area (Å²) in [5.41, 5.74) is 11.3. The highest BCUT2D eigenvalue weighted by molar-refractivity contribution is 7.26. The summed E-state index contributed by atoms with van der Waals surface area (Å²) in [5, 5.41) is 9.44. The zero-order valence-corrected chi connectivity index (χ0v) is 30.9. The molecule has 0 aliphatic rings. The highest BCUT2D eigenvalue weighted by Crippen LogP contribution is 2.45. The van der Waals surface area contributed by atoms with E-state index >= 15 is 0 Å². The van der Waals surface area contributed by atoms with Gasteiger partial charge in [0.05, 0.1) is 0 Å². The highest BCUT2D eigenvalue weighted by Gasteiger charge is 2.19. The number of hydrogen-bond acceptors (Lipinski definition) is 4. The van der Waals surface area contributed by atoms with Gasteiger partial charge in [-0.15, -0.1) is 11.3 Å². The molecule has 3 heterocycles. The van der Waals surface area contributed by atoms with Crippen molar-refractivity contribution in [2.24, 2.45) is 0 Å². The lowest BCUT2D eigenvalue weighted by molar-refractivity contribution is 0.669. The van der Waals surface area contributed by atoms with Crippen molar-refractivity contribution in [3.05, 3.63) is 188 Å². The van der Waals surface area contributed by atoms with E-state index in [4.69, 9.17) is 8.83 Å². The summed E-state index contributed by atoms with van der Waals surface area (Å²) in [5.74, 6) is 0. The number of benzene rings is 9. The first-order valence-electron chi connectivity index (χ1n) is 18.9. The molecule has 9 aromatic carbocycles. The highest BCUT2D eigenvalue weighted by atomic mass is 32.1. The molecule has 3 nitrogen and oxygen atoms in total. The van der Waals surface area contributed by atoms with Gasteiger partial charge in [-0.05, 0) is 88.1 Å². The summed E-state index contributed by atoms with van der Waals surface area (Å²) >= 11 is 1.82. The second-order valence-corrected chi connectivity index (χ2v) is 15.5. The Bertz CT molecular complexity index is 3470. The maximum absolute atomic E-state index is 6.86. The van der Waals surface area contributed by atoms with Crippen LogP contribution in [-0.4, -0.2) is 0 Å². The minimum atomic E-state index is 0.863. The average Bonchev–Trinajstić information content (AvgIpc) is 3.95. The summed E-state index contributed by atoms with van der Waals surface area (Å²) in [6, 6.07) is 67.2. The first-order chi connectivity index (χ1) is 27.7. The first-order valence-corrected chi connectivity index (χ1v) is 19.7. The molecule has 0 saturated heterocycles. The van der Waals surface area contributed by atoms with Gasteiger partial charge < -0.3 is 13.7 Å². The predicted molar refractivity (Wildman–Crippen MR) is 237 cm³/mol. The molecule has 4 heteroatoms. The van der Waals surface area contributed by atoms with Crippen molar-refractivity contribution in [3.8, 4) is 22.3 Å². The standard InChI is InChI=1S/C52H31NO2S/c1-2-11-38-32(9-1)10-7-14-39(38)33-19-23-35(24-20-33)53(37-27-28-42-41-12-3-5-17-46(41)54-47(42)31-37)36-25-21-34(22-26-36)40-15-8-16-43-44-29-30-49-50(52(44)55-51(40)43)45-13-4-6-18-48(45)56-49/h1-31H. The molecule has 262 valence electrons. The molecule has 0 amide bonds. The summed E-state index contributed by atoms with van der Waals surface area (Å²) in [7, 11) is 0. The number of furan rings is 2. The molecule has 56 heavy (non-hydrogen) atoms. The van der Waals surface area contributed by atoms with Crippen LogP contribution in [0.25, 0.3) is 97.1 Å². The third-order valence-electron chi connectivity index (χ3n) is 11.3. The Hall–Kier alpha value is -7.14. The van der Waals surface area contributed by atoms with E-state index in [9.17, 15) is 0 Å². The second-order valence-electron chi connectivity index (χ2n) is 14.4. The SMILES string of the molecule is c1ccc2c(-c3ccc(N(c4ccc(-c5cccc6c5oc5c6ccc6sc7ccccc7c65)cc4)c4ccc5c(c4)oc4ccccc45)cc3)cccc2c1. The van der Waals surface area contributed by atoms with Crippen LogP contribution in [0.3, 0.4) is 0 Å². The molecule has 0 bridgehead atoms. The quantitative estimate of drug-likeness (QED) is 0.176. The zero-order valence-electron chi connectivity index (χ0n) is 30.1. The van der Waals surface area contributed by atoms with Crippen molar-refractivity contribution in [1.29, 1.82) is 0 Å². The number of rotatable bonds is 5. The molecule has 12 rings (SSSR count). The van der Waals surface area contributed by atoms with Crippen molar-refractivity contribution in [2.75, 3.05) is 4.90 Å². The van der Waals surface area contributed by atoms with E-state index in [1.807, 2.05) is 23.5 Å². The maximum Gasteiger partial charge on any atom is 0.144 e. The monoisotopic (exact) mass is 733 g/mol. The number of para-hydroxylation sites is 2. The summed E-state index contributed by atoms with van der Waals surface area (Å²) in [6.07, 6.45) is 0. The molecule has 0 saturated carbocycles. The molecule has 0 aliphatic carbocycles. The number of hydrogen-bond donors (Lipinski definition) is 0. The lowest BCUT2D eigenvalue weighted by Crippen LogP contribution is -2.09. The third kappa shape index (κ3) is 4.76. The van der Waals surface area contributed by atoms with Crippen LogP contribution >= 0.6 is 11.3 Å². The Morgan fingerprint density at radius 2 is 0.946 bits per heavy atom. The lowest BCUT2D eigenvalue weighted by Gasteiger charge is -2.26. The van der Waals surface area contributed by atoms with Crippen LogP contribution in [0.4, 0.5) is 17.1 Å². The molecule has 3 aromatic heterocycles. The molecular weight excluding hydrogens is 703 g/mol. The van der Waals surface area contributed by atoms with Crippen molar-refractivity contribution < 1.29 is 8.83 Å². The minimum Gasteiger partial charge on any atom is -0.456 e. The van der Waals surface area contributed by atoms with Gasteiger partial charge in [-0.25, -0.2) is 0 Å². The van der Waals surface area contributed by atoms with Crippen LogP contribution in [0.5, 0.6) is 0 Å². The van der Waals surface area contributed by atoms with Crippen LogP contribution < -0.4 is 4.90 Å². The van der Waals surface area contributed by atoms with Gasteiger partial charge in [0.2, 0.25) is 0 Å². The molecule has 0 aliphatic heterocycles. The molecule has 0 fully saturated rings. The Kier molecular flexibility index (Phi) is 6.80. The summed E-state index contributed by atoms with van der Waals surface area (Å²) in [4.78, 5) is 2.31. The van der Waals surface area contributed by atoms with E-state index in [1.165, 1.54) is 42.1 Å². The normalized spacial score (nSPS) is 11.9. The average molecular weight is 734 g/mol. The predicted octanol–water partition coefficient (Wildman–Crippen LogP) is 15.8. The fraction of sp³-hybridized carbons (Fsp3) is 0. The van der Waals surface area contributed by atoms with Gasteiger partial charge in [0, 0.05) is 70.4 Å². The smallest absolute Gasteiger partial charge is 0.144 e. The van der Waals surface area contributed by atoms with E-state index < -0.39 is 0 Å². The molecule has 0 unspecified atom stereocenters. The Morgan fingerprint density at radius 1 is 0.357 bits per heavy atom. The fourth-order valence-corrected chi connectivity index (χ4v) is 9.75. The number of thiophene rings is 1. The van der Waals surface area contributed by atoms with Crippen LogP contribution in [0.15, 0.2) is 197 Å². The van der Waals surface area contributed by atoms with E-state index in [2.05, 4.69) is 181 Å². The number of fused-ring (bicyclic) bond motifs is 11. The topological polar surface area (TPSA) is 29.5 Å². The van der Waals surface area contributed by atoms with Crippen LogP contribution in [-0.2, 0) is 0 Å². The minimum absolute atomic E-state index is 0.863. The zero-order chi connectivity index (χ0) is 36.7. The van der Waals surface area contributed by atoms with E-state index in [0.717, 1.165) is 72.1 Å². The van der Waals surface area contributed by atoms with Gasteiger partial charge in [0.25, 0.3) is 0 Å². The third-order valence-corrected chi connectivity index (χ3v) is 12.4. The van der Waals surface area contributed by atoms with Gasteiger partial charge in [-0.3, -0.25) is 0 Å². The lowest BCUT2D eigenvalue weighted by atomic mass is 9.98. The number of nitrogens with zero attached hydrogens (tertiary/aromatic N) is 1. The molecule has 0 atom stereocenters. The molecule has 0 radical (unpaired) electrons. The molecular formula is C52H31NO2S. The summed E-state index contributed by atoms with van der Waals surface area (Å²) in [6.45, 7) is 0. The van der Waals surface area contributed by atoms with E-state index in [-0.39, 0.29) is 0 Å². The van der Waals surface area contributed by atoms with Gasteiger partial charge in [0.1, 0.15) is 22.3 Å². The molecule has 0 N–H and O–H groups in total. The van der Waals surface area contributed by atoms with Gasteiger partial charge in [-0.2, -0.15) is 0 Å². The summed E-state index contributed by atoms with van der Waals surface area (Å²) < 4.78 is 15.8. The maximum atomic E-state index is 6.86. The molecule has 0 spiro atoms. The Balaban J connectivity index is 0.986. The second kappa shape index (κ2) is 12.2. The first kappa shape index (κ1) is 31.2. The van der Waals surface area contributed by atoms with Crippen molar-refractivity contribution in [2.45, 2.75) is 0 Å². The van der Waals surface area contributed by atoms with Crippen LogP contribution in [0.1, 0.15) is 0 Å². The Labute approximate surface area is 325 Å². The number of anilines is 3. The van der Waals surface area contributed by atoms with Gasteiger partial charge in [0.15, 0.2) is 0 Å². The Morgan fingerprint density at radius 3 is 1.79 bits per heavy atom. The molecule has 12 aromatic rings. The van der Waals surface area contributed by atoms with Crippen molar-refractivity contribution in [3.63, 3.8) is 0 Å². The van der Waals surface area contributed by atoms with Crippen LogP contribution in [0, 0.1) is 0 Å².